The number of unbranched alkanes of at least 4 members (excludes halogenated alkanes) is 1. The number of carbonyl (C=O) groups excluding carboxylic acids is 1. The number of anilines is 1. The summed E-state index contributed by atoms with van der Waals surface area (Å²) >= 11 is 0. The average molecular weight is 420 g/mol. The first-order valence-electron chi connectivity index (χ1n) is 10.4. The number of nitrogen functional groups attached to an aromatic ring is 1. The van der Waals surface area contributed by atoms with Crippen molar-refractivity contribution in [3.05, 3.63) is 77.4 Å². The lowest BCUT2D eigenvalue weighted by Gasteiger charge is -2.15. The number of hydrogen-bond acceptors (Lipinski definition) is 5. The van der Waals surface area contributed by atoms with Crippen LogP contribution in [0.1, 0.15) is 34.3 Å². The number of esters is 1. The van der Waals surface area contributed by atoms with Crippen molar-refractivity contribution in [2.24, 2.45) is 0 Å². The number of ether oxygens (including phenoxy) is 3. The third kappa shape index (κ3) is 5.57. The minimum absolute atomic E-state index is 0.361. The first-order valence-corrected chi connectivity index (χ1v) is 10.4. The second kappa shape index (κ2) is 10.5. The summed E-state index contributed by atoms with van der Waals surface area (Å²) in [4.78, 5) is 12.3. The van der Waals surface area contributed by atoms with E-state index in [0.717, 1.165) is 41.6 Å². The fraction of sp³-hybridized carbons (Fsp3) is 0.269. The Hall–Kier alpha value is -3.47. The molecule has 31 heavy (non-hydrogen) atoms. The maximum atomic E-state index is 12.3. The second-order valence-corrected chi connectivity index (χ2v) is 7.40. The van der Waals surface area contributed by atoms with Crippen molar-refractivity contribution >= 4 is 11.7 Å². The Kier molecular flexibility index (Phi) is 7.55. The van der Waals surface area contributed by atoms with Crippen LogP contribution in [0.3, 0.4) is 0 Å². The van der Waals surface area contributed by atoms with Crippen LogP contribution >= 0.6 is 0 Å². The molecule has 0 fully saturated rings. The fourth-order valence-electron chi connectivity index (χ4n) is 3.57. The molecule has 0 aliphatic carbocycles. The molecule has 0 aliphatic heterocycles. The first kappa shape index (κ1) is 22.2. The van der Waals surface area contributed by atoms with Gasteiger partial charge in [0.15, 0.2) is 11.5 Å². The number of nitrogens with two attached hydrogens (primary N) is 1. The van der Waals surface area contributed by atoms with Crippen molar-refractivity contribution < 1.29 is 19.0 Å². The number of benzene rings is 3. The molecule has 5 heteroatoms. The molecule has 0 amide bonds. The van der Waals surface area contributed by atoms with Crippen LogP contribution in [-0.4, -0.2) is 26.8 Å². The number of carbonyl (C=O) groups is 1. The number of aryl methyl sites for hydroxylation is 2. The largest absolute Gasteiger partial charge is 0.493 e. The van der Waals surface area contributed by atoms with E-state index >= 15 is 0 Å². The van der Waals surface area contributed by atoms with E-state index in [1.54, 1.807) is 13.2 Å². The van der Waals surface area contributed by atoms with Gasteiger partial charge in [-0.25, -0.2) is 4.79 Å². The Bertz CT molecular complexity index is 1030. The van der Waals surface area contributed by atoms with E-state index in [-0.39, 0.29) is 5.97 Å². The van der Waals surface area contributed by atoms with E-state index in [0.29, 0.717) is 23.7 Å². The lowest BCUT2D eigenvalue weighted by Crippen LogP contribution is -2.05. The molecule has 5 nitrogen and oxygen atoms in total. The lowest BCUT2D eigenvalue weighted by atomic mass is 9.94. The molecule has 0 atom stereocenters. The predicted octanol–water partition coefficient (Wildman–Crippen LogP) is 5.44. The third-order valence-electron chi connectivity index (χ3n) is 5.23. The highest BCUT2D eigenvalue weighted by molar-refractivity contribution is 5.98. The smallest absolute Gasteiger partial charge is 0.338 e. The van der Waals surface area contributed by atoms with Crippen LogP contribution in [0.2, 0.25) is 0 Å². The monoisotopic (exact) mass is 419 g/mol. The standard InChI is InChI=1S/C26H29NO4/c1-18-7-6-9-22(26(28)30-3)25(18)20-12-15-23(29-2)24(17-20)31-16-5-4-8-19-10-13-21(27)14-11-19/h6-7,9-15,17H,4-5,8,16,27H2,1-3H3. The van der Waals surface area contributed by atoms with E-state index in [1.165, 1.54) is 12.7 Å². The topological polar surface area (TPSA) is 70.8 Å². The summed E-state index contributed by atoms with van der Waals surface area (Å²) < 4.78 is 16.5. The molecule has 0 heterocycles. The molecular weight excluding hydrogens is 390 g/mol. The summed E-state index contributed by atoms with van der Waals surface area (Å²) in [5.41, 5.74) is 11.0. The molecule has 0 bridgehead atoms. The summed E-state index contributed by atoms with van der Waals surface area (Å²) in [7, 11) is 3.01. The summed E-state index contributed by atoms with van der Waals surface area (Å²) in [5.74, 6) is 0.960. The van der Waals surface area contributed by atoms with E-state index < -0.39 is 0 Å². The number of rotatable bonds is 9. The van der Waals surface area contributed by atoms with Gasteiger partial charge in [-0.05, 0) is 78.8 Å². The molecule has 0 aliphatic rings. The minimum Gasteiger partial charge on any atom is -0.493 e. The molecule has 2 N–H and O–H groups in total. The van der Waals surface area contributed by atoms with Gasteiger partial charge in [0.05, 0.1) is 26.4 Å². The van der Waals surface area contributed by atoms with Crippen molar-refractivity contribution in [1.29, 1.82) is 0 Å². The van der Waals surface area contributed by atoms with E-state index in [4.69, 9.17) is 19.9 Å². The zero-order valence-electron chi connectivity index (χ0n) is 18.3. The van der Waals surface area contributed by atoms with Crippen molar-refractivity contribution in [2.45, 2.75) is 26.2 Å². The SMILES string of the molecule is COC(=O)c1cccc(C)c1-c1ccc(OC)c(OCCCCc2ccc(N)cc2)c1. The van der Waals surface area contributed by atoms with Gasteiger partial charge in [-0.3, -0.25) is 0 Å². The van der Waals surface area contributed by atoms with E-state index in [1.807, 2.05) is 49.4 Å². The van der Waals surface area contributed by atoms with Crippen molar-refractivity contribution in [3.63, 3.8) is 0 Å². The fourth-order valence-corrected chi connectivity index (χ4v) is 3.57. The highest BCUT2D eigenvalue weighted by Crippen LogP contribution is 2.35. The van der Waals surface area contributed by atoms with Crippen LogP contribution in [0.25, 0.3) is 11.1 Å². The molecular formula is C26H29NO4. The third-order valence-corrected chi connectivity index (χ3v) is 5.23. The van der Waals surface area contributed by atoms with Crippen molar-refractivity contribution in [2.75, 3.05) is 26.6 Å². The van der Waals surface area contributed by atoms with Gasteiger partial charge >= 0.3 is 5.97 Å². The van der Waals surface area contributed by atoms with Crippen molar-refractivity contribution in [1.82, 2.24) is 0 Å². The summed E-state index contributed by atoms with van der Waals surface area (Å²) in [6.07, 6.45) is 2.90. The van der Waals surface area contributed by atoms with Crippen LogP contribution in [0.4, 0.5) is 5.69 Å². The van der Waals surface area contributed by atoms with E-state index in [2.05, 4.69) is 12.1 Å². The molecule has 0 saturated carbocycles. The van der Waals surface area contributed by atoms with Crippen LogP contribution < -0.4 is 15.2 Å². The quantitative estimate of drug-likeness (QED) is 0.284. The zero-order valence-corrected chi connectivity index (χ0v) is 18.3. The van der Waals surface area contributed by atoms with Gasteiger partial charge in [-0.1, -0.05) is 30.3 Å². The normalized spacial score (nSPS) is 10.5. The Labute approximate surface area is 183 Å². The highest BCUT2D eigenvalue weighted by atomic mass is 16.5. The number of hydrogen-bond donors (Lipinski definition) is 1. The van der Waals surface area contributed by atoms with E-state index in [9.17, 15) is 4.79 Å². The van der Waals surface area contributed by atoms with Crippen LogP contribution in [0.15, 0.2) is 60.7 Å². The molecule has 3 rings (SSSR count). The molecule has 3 aromatic rings. The molecule has 162 valence electrons. The minimum atomic E-state index is -0.361. The zero-order chi connectivity index (χ0) is 22.2. The summed E-state index contributed by atoms with van der Waals surface area (Å²) in [6.45, 7) is 2.55. The lowest BCUT2D eigenvalue weighted by molar-refractivity contribution is 0.0601. The molecule has 0 aromatic heterocycles. The summed E-state index contributed by atoms with van der Waals surface area (Å²) in [5, 5.41) is 0. The first-order chi connectivity index (χ1) is 15.0. The Morgan fingerprint density at radius 1 is 0.935 bits per heavy atom. The van der Waals surface area contributed by atoms with Crippen LogP contribution in [-0.2, 0) is 11.2 Å². The Morgan fingerprint density at radius 3 is 2.42 bits per heavy atom. The average Bonchev–Trinajstić information content (AvgIpc) is 2.79. The van der Waals surface area contributed by atoms with Gasteiger partial charge in [0.1, 0.15) is 0 Å². The molecule has 0 spiro atoms. The molecule has 0 radical (unpaired) electrons. The van der Waals surface area contributed by atoms with Crippen LogP contribution in [0, 0.1) is 6.92 Å². The molecule has 0 unspecified atom stereocenters. The van der Waals surface area contributed by atoms with Gasteiger partial charge < -0.3 is 19.9 Å². The Balaban J connectivity index is 1.71. The maximum Gasteiger partial charge on any atom is 0.338 e. The van der Waals surface area contributed by atoms with Gasteiger partial charge in [-0.15, -0.1) is 0 Å². The highest BCUT2D eigenvalue weighted by Gasteiger charge is 2.17. The van der Waals surface area contributed by atoms with Crippen LogP contribution in [0.5, 0.6) is 11.5 Å². The molecule has 0 saturated heterocycles. The van der Waals surface area contributed by atoms with Gasteiger partial charge in [0.2, 0.25) is 0 Å². The number of methoxy groups -OCH3 is 2. The summed E-state index contributed by atoms with van der Waals surface area (Å²) in [6, 6.07) is 19.3. The second-order valence-electron chi connectivity index (χ2n) is 7.40. The predicted molar refractivity (Wildman–Crippen MR) is 124 cm³/mol. The van der Waals surface area contributed by atoms with Crippen molar-refractivity contribution in [3.8, 4) is 22.6 Å². The van der Waals surface area contributed by atoms with Gasteiger partial charge in [-0.2, -0.15) is 0 Å². The molecule has 3 aromatic carbocycles. The van der Waals surface area contributed by atoms with Gasteiger partial charge in [0.25, 0.3) is 0 Å². The maximum absolute atomic E-state index is 12.3. The van der Waals surface area contributed by atoms with Gasteiger partial charge in [0, 0.05) is 5.69 Å². The Morgan fingerprint density at radius 2 is 1.71 bits per heavy atom.